The normalized spacial score (nSPS) is 8.00. The van der Waals surface area contributed by atoms with Crippen molar-refractivity contribution in [2.75, 3.05) is 11.5 Å². The van der Waals surface area contributed by atoms with E-state index in [-0.39, 0.29) is 12.4 Å². The van der Waals surface area contributed by atoms with Gasteiger partial charge in [-0.2, -0.15) is 0 Å². The van der Waals surface area contributed by atoms with E-state index in [0.29, 0.717) is 11.4 Å². The Kier molecular flexibility index (Phi) is 2.88. The number of hydrogen-bond acceptors (Lipinski definition) is 2. The molecule has 0 spiro atoms. The van der Waals surface area contributed by atoms with Crippen molar-refractivity contribution in [3.63, 3.8) is 0 Å². The van der Waals surface area contributed by atoms with Crippen LogP contribution in [0.5, 0.6) is 0 Å². The summed E-state index contributed by atoms with van der Waals surface area (Å²) in [5.74, 6) is 0. The van der Waals surface area contributed by atoms with Crippen LogP contribution in [0.15, 0.2) is 24.3 Å². The highest BCUT2D eigenvalue weighted by molar-refractivity contribution is 5.62. The number of nitrogens with two attached hydrogens (primary N) is 2. The van der Waals surface area contributed by atoms with E-state index in [1.807, 2.05) is 12.1 Å². The molecular weight excluding hydrogens is 136 g/mol. The van der Waals surface area contributed by atoms with Crippen molar-refractivity contribution in [1.29, 1.82) is 0 Å². The van der Waals surface area contributed by atoms with E-state index in [1.54, 1.807) is 12.1 Å². The molecule has 9 heavy (non-hydrogen) atoms. The van der Waals surface area contributed by atoms with Gasteiger partial charge in [0.15, 0.2) is 0 Å². The van der Waals surface area contributed by atoms with Crippen molar-refractivity contribution >= 4 is 11.4 Å². The fourth-order valence-electron chi connectivity index (χ4n) is 0.511. The van der Waals surface area contributed by atoms with Gasteiger partial charge in [-0.15, -0.1) is 0 Å². The van der Waals surface area contributed by atoms with Crippen molar-refractivity contribution in [3.05, 3.63) is 24.3 Å². The Morgan fingerprint density at radius 3 is 1.44 bits per heavy atom. The highest BCUT2D eigenvalue weighted by atomic mass is 35.5. The van der Waals surface area contributed by atoms with Gasteiger partial charge in [-0.1, -0.05) is 12.1 Å². The molecule has 1 rings (SSSR count). The van der Waals surface area contributed by atoms with Crippen molar-refractivity contribution in [1.82, 2.24) is 0 Å². The first-order valence-electron chi connectivity index (χ1n) is 2.40. The molecule has 0 aromatic heterocycles. The van der Waals surface area contributed by atoms with Crippen LogP contribution in [0.3, 0.4) is 0 Å². The lowest BCUT2D eigenvalue weighted by molar-refractivity contribution is -0.00000168. The zero-order valence-electron chi connectivity index (χ0n) is 4.84. The highest BCUT2D eigenvalue weighted by Crippen LogP contribution is 2.10. The topological polar surface area (TPSA) is 52.0 Å². The van der Waals surface area contributed by atoms with Gasteiger partial charge in [-0.3, -0.25) is 0 Å². The summed E-state index contributed by atoms with van der Waals surface area (Å²) in [5, 5.41) is 0. The molecule has 2 radical (unpaired) electrons. The summed E-state index contributed by atoms with van der Waals surface area (Å²) in [5.41, 5.74) is 12.1. The van der Waals surface area contributed by atoms with Crippen LogP contribution in [0.4, 0.5) is 11.4 Å². The third kappa shape index (κ3) is 1.82. The molecular formula is C6H8ClN2+. The fraction of sp³-hybridized carbons (Fsp3) is 0. The monoisotopic (exact) mass is 143 g/mol. The number of anilines is 2. The molecule has 0 saturated carbocycles. The Morgan fingerprint density at radius 1 is 0.889 bits per heavy atom. The number of para-hydroxylation sites is 2. The Bertz CT molecular complexity index is 167. The first-order chi connectivity index (χ1) is 3.80. The lowest BCUT2D eigenvalue weighted by atomic mass is 10.3. The summed E-state index contributed by atoms with van der Waals surface area (Å²) in [6.07, 6.45) is 0. The molecule has 0 aliphatic heterocycles. The third-order valence-corrected chi connectivity index (χ3v) is 0.996. The van der Waals surface area contributed by atoms with Crippen molar-refractivity contribution in [2.24, 2.45) is 0 Å². The van der Waals surface area contributed by atoms with Crippen LogP contribution in [-0.2, 0) is 0 Å². The second-order valence-electron chi connectivity index (χ2n) is 1.63. The Hall–Kier alpha value is -0.890. The van der Waals surface area contributed by atoms with Crippen molar-refractivity contribution in [3.8, 4) is 0 Å². The zero-order chi connectivity index (χ0) is 5.98. The van der Waals surface area contributed by atoms with E-state index in [9.17, 15) is 0 Å². The Labute approximate surface area is 60.3 Å². The summed E-state index contributed by atoms with van der Waals surface area (Å²) in [4.78, 5) is 0. The summed E-state index contributed by atoms with van der Waals surface area (Å²) in [7, 11) is 0. The summed E-state index contributed by atoms with van der Waals surface area (Å²) in [6, 6.07) is 7.25. The molecule has 48 valence electrons. The molecule has 0 atom stereocenters. The average molecular weight is 144 g/mol. The van der Waals surface area contributed by atoms with E-state index in [1.165, 1.54) is 0 Å². The largest absolute Gasteiger partial charge is 1.00 e. The molecule has 0 aliphatic rings. The second-order valence-corrected chi connectivity index (χ2v) is 1.63. The minimum atomic E-state index is 0. The van der Waals surface area contributed by atoms with Crippen LogP contribution >= 0.6 is 0 Å². The maximum absolute atomic E-state index is 5.39. The summed E-state index contributed by atoms with van der Waals surface area (Å²) < 4.78 is 0. The van der Waals surface area contributed by atoms with Crippen molar-refractivity contribution < 1.29 is 12.4 Å². The molecule has 2 nitrogen and oxygen atoms in total. The average Bonchev–Trinajstić information content (AvgIpc) is 1.77. The van der Waals surface area contributed by atoms with Gasteiger partial charge >= 0.3 is 12.4 Å². The number of rotatable bonds is 0. The number of benzene rings is 1. The molecule has 0 amide bonds. The third-order valence-electron chi connectivity index (χ3n) is 0.996. The van der Waals surface area contributed by atoms with Gasteiger partial charge in [-0.25, -0.2) is 0 Å². The highest BCUT2D eigenvalue weighted by Gasteiger charge is 1.85. The molecule has 0 saturated heterocycles. The maximum Gasteiger partial charge on any atom is 1.00 e. The lowest BCUT2D eigenvalue weighted by Gasteiger charge is -1.94. The van der Waals surface area contributed by atoms with E-state index in [4.69, 9.17) is 11.5 Å². The van der Waals surface area contributed by atoms with E-state index >= 15 is 0 Å². The van der Waals surface area contributed by atoms with Crippen LogP contribution in [0.25, 0.3) is 0 Å². The summed E-state index contributed by atoms with van der Waals surface area (Å²) in [6.45, 7) is 0. The van der Waals surface area contributed by atoms with Crippen LogP contribution in [-0.4, -0.2) is 0 Å². The first kappa shape index (κ1) is 8.11. The SMILES string of the molecule is Nc1ccccc1N.[Cl+]. The summed E-state index contributed by atoms with van der Waals surface area (Å²) >= 11 is 0. The van der Waals surface area contributed by atoms with Crippen LogP contribution in [0, 0.1) is 12.4 Å². The van der Waals surface area contributed by atoms with Gasteiger partial charge in [-0.05, 0) is 12.1 Å². The standard InChI is InChI=1S/C6H8N2.Cl/c7-5-3-1-2-4-6(5)8;/h1-4H,7-8H2;/q;+1. The predicted octanol–water partition coefficient (Wildman–Crippen LogP) is 0.851. The van der Waals surface area contributed by atoms with E-state index < -0.39 is 0 Å². The van der Waals surface area contributed by atoms with E-state index in [2.05, 4.69) is 0 Å². The number of halogens is 1. The molecule has 4 N–H and O–H groups in total. The van der Waals surface area contributed by atoms with Crippen LogP contribution < -0.4 is 11.5 Å². The number of nitrogen functional groups attached to an aromatic ring is 2. The Balaban J connectivity index is 0.000000640. The first-order valence-corrected chi connectivity index (χ1v) is 2.40. The van der Waals surface area contributed by atoms with Gasteiger partial charge in [0, 0.05) is 0 Å². The van der Waals surface area contributed by atoms with Gasteiger partial charge in [0.05, 0.1) is 11.4 Å². The molecule has 0 bridgehead atoms. The number of hydrogen-bond donors (Lipinski definition) is 2. The molecule has 0 unspecified atom stereocenters. The molecule has 0 aliphatic carbocycles. The zero-order valence-corrected chi connectivity index (χ0v) is 5.60. The van der Waals surface area contributed by atoms with Crippen LogP contribution in [0.1, 0.15) is 0 Å². The lowest BCUT2D eigenvalue weighted by Crippen LogP contribution is -1.91. The minimum Gasteiger partial charge on any atom is -0.397 e. The van der Waals surface area contributed by atoms with Gasteiger partial charge in [0.1, 0.15) is 0 Å². The molecule has 0 heterocycles. The Morgan fingerprint density at radius 2 is 1.22 bits per heavy atom. The molecule has 1 aromatic carbocycles. The second kappa shape index (κ2) is 3.20. The molecule has 1 aromatic rings. The maximum atomic E-state index is 5.39. The van der Waals surface area contributed by atoms with Gasteiger partial charge in [0.25, 0.3) is 0 Å². The molecule has 3 heteroatoms. The van der Waals surface area contributed by atoms with Gasteiger partial charge < -0.3 is 11.5 Å². The van der Waals surface area contributed by atoms with Gasteiger partial charge in [0.2, 0.25) is 0 Å². The fourth-order valence-corrected chi connectivity index (χ4v) is 0.511. The van der Waals surface area contributed by atoms with Crippen LogP contribution in [0.2, 0.25) is 0 Å². The quantitative estimate of drug-likeness (QED) is 0.529. The predicted molar refractivity (Wildman–Crippen MR) is 35.3 cm³/mol. The van der Waals surface area contributed by atoms with Crippen molar-refractivity contribution in [2.45, 2.75) is 0 Å². The minimum absolute atomic E-state index is 0. The van der Waals surface area contributed by atoms with E-state index in [0.717, 1.165) is 0 Å². The smallest absolute Gasteiger partial charge is 0.397 e. The molecule has 0 fully saturated rings.